The first-order valence-electron chi connectivity index (χ1n) is 12.6. The van der Waals surface area contributed by atoms with E-state index in [1.54, 1.807) is 29.6 Å². The molecule has 3 heterocycles. The van der Waals surface area contributed by atoms with Crippen molar-refractivity contribution in [2.24, 2.45) is 0 Å². The highest BCUT2D eigenvalue weighted by Crippen LogP contribution is 2.33. The first-order chi connectivity index (χ1) is 19.0. The van der Waals surface area contributed by atoms with E-state index >= 15 is 0 Å². The largest absolute Gasteiger partial charge is 0.379 e. The summed E-state index contributed by atoms with van der Waals surface area (Å²) in [5.74, 6) is -1.04. The second-order valence-electron chi connectivity index (χ2n) is 9.31. The molecule has 6 rings (SSSR count). The molecule has 0 aliphatic carbocycles. The van der Waals surface area contributed by atoms with E-state index in [2.05, 4.69) is 15.2 Å². The molecule has 1 aliphatic rings. The number of nitrogens with one attached hydrogen (secondary N) is 1. The van der Waals surface area contributed by atoms with Crippen LogP contribution in [-0.4, -0.2) is 58.4 Å². The second-order valence-corrected chi connectivity index (χ2v) is 10.2. The van der Waals surface area contributed by atoms with Crippen LogP contribution in [0, 0.1) is 11.6 Å². The molecule has 3 aromatic carbocycles. The van der Waals surface area contributed by atoms with E-state index in [0.29, 0.717) is 10.7 Å². The van der Waals surface area contributed by atoms with Crippen LogP contribution < -0.4 is 5.32 Å². The van der Waals surface area contributed by atoms with Crippen molar-refractivity contribution >= 4 is 33.8 Å². The molecule has 7 nitrogen and oxygen atoms in total. The lowest BCUT2D eigenvalue weighted by Gasteiger charge is -2.26. The average Bonchev–Trinajstić information content (AvgIpc) is 3.60. The van der Waals surface area contributed by atoms with Crippen molar-refractivity contribution in [2.75, 3.05) is 38.2 Å². The molecule has 0 unspecified atom stereocenters. The zero-order valence-corrected chi connectivity index (χ0v) is 21.8. The number of thiazole rings is 1. The number of amides is 1. The van der Waals surface area contributed by atoms with Crippen LogP contribution in [0.15, 0.2) is 72.2 Å². The fourth-order valence-corrected chi connectivity index (χ4v) is 5.37. The SMILES string of the molecule is O=C(Nc1cc2cn(CCN3CCOCC3)nc2cc1-c1ccc(F)cc1)c1csc(-c2ccc(F)cc2)n1. The maximum Gasteiger partial charge on any atom is 0.275 e. The number of hydrogen-bond donors (Lipinski definition) is 1. The number of fused-ring (bicyclic) bond motifs is 1. The maximum atomic E-state index is 13.7. The van der Waals surface area contributed by atoms with E-state index in [-0.39, 0.29) is 23.2 Å². The van der Waals surface area contributed by atoms with Gasteiger partial charge in [0.15, 0.2) is 0 Å². The zero-order valence-electron chi connectivity index (χ0n) is 20.9. The van der Waals surface area contributed by atoms with Crippen LogP contribution in [0.3, 0.4) is 0 Å². The standard InChI is InChI=1S/C29H25F2N5O2S/c30-22-5-1-19(2-6-22)24-16-25-21(17-36(34-25)10-9-35-11-13-38-14-12-35)15-26(24)32-28(37)27-18-39-29(33-27)20-3-7-23(31)8-4-20/h1-8,15-18H,9-14H2,(H,32,37). The maximum absolute atomic E-state index is 13.7. The van der Waals surface area contributed by atoms with Gasteiger partial charge in [-0.3, -0.25) is 14.4 Å². The Bertz CT molecular complexity index is 1610. The molecule has 1 saturated heterocycles. The molecule has 2 aromatic heterocycles. The molecule has 1 fully saturated rings. The van der Waals surface area contributed by atoms with Crippen LogP contribution in [-0.2, 0) is 11.3 Å². The highest BCUT2D eigenvalue weighted by molar-refractivity contribution is 7.13. The predicted molar refractivity (Wildman–Crippen MR) is 148 cm³/mol. The van der Waals surface area contributed by atoms with Gasteiger partial charge in [0.05, 0.1) is 25.3 Å². The van der Waals surface area contributed by atoms with Crippen LogP contribution in [0.1, 0.15) is 10.5 Å². The fraction of sp³-hybridized carbons (Fsp3) is 0.207. The molecule has 0 spiro atoms. The normalized spacial score (nSPS) is 14.1. The number of nitrogens with zero attached hydrogens (tertiary/aromatic N) is 4. The van der Waals surface area contributed by atoms with Gasteiger partial charge in [-0.15, -0.1) is 11.3 Å². The third-order valence-electron chi connectivity index (χ3n) is 6.67. The molecule has 0 atom stereocenters. The average molecular weight is 546 g/mol. The number of ether oxygens (including phenoxy) is 1. The molecule has 0 radical (unpaired) electrons. The molecule has 5 aromatic rings. The van der Waals surface area contributed by atoms with Crippen molar-refractivity contribution in [3.05, 3.63) is 89.6 Å². The molecular formula is C29H25F2N5O2S. The van der Waals surface area contributed by atoms with Gasteiger partial charge in [-0.25, -0.2) is 13.8 Å². The number of halogens is 2. The Morgan fingerprint density at radius 2 is 1.64 bits per heavy atom. The van der Waals surface area contributed by atoms with E-state index in [0.717, 1.165) is 67.0 Å². The summed E-state index contributed by atoms with van der Waals surface area (Å²) in [6.07, 6.45) is 1.97. The van der Waals surface area contributed by atoms with Crippen molar-refractivity contribution in [1.29, 1.82) is 0 Å². The summed E-state index contributed by atoms with van der Waals surface area (Å²) in [5, 5.41) is 10.9. The number of morpholine rings is 1. The lowest BCUT2D eigenvalue weighted by Crippen LogP contribution is -2.38. The van der Waals surface area contributed by atoms with Crippen LogP contribution in [0.4, 0.5) is 14.5 Å². The van der Waals surface area contributed by atoms with Gasteiger partial charge < -0.3 is 10.1 Å². The molecule has 10 heteroatoms. The van der Waals surface area contributed by atoms with Crippen LogP contribution >= 0.6 is 11.3 Å². The van der Waals surface area contributed by atoms with Crippen molar-refractivity contribution in [3.8, 4) is 21.7 Å². The summed E-state index contributed by atoms with van der Waals surface area (Å²) in [5.41, 5.74) is 3.82. The van der Waals surface area contributed by atoms with E-state index in [1.165, 1.54) is 35.6 Å². The molecule has 198 valence electrons. The molecule has 1 aliphatic heterocycles. The molecule has 0 saturated carbocycles. The number of carbonyl (C=O) groups is 1. The molecule has 0 bridgehead atoms. The molecule has 1 amide bonds. The number of carbonyl (C=O) groups excluding carboxylic acids is 1. The van der Waals surface area contributed by atoms with E-state index in [1.807, 2.05) is 23.0 Å². The van der Waals surface area contributed by atoms with Crippen molar-refractivity contribution in [1.82, 2.24) is 19.7 Å². The summed E-state index contributed by atoms with van der Waals surface area (Å²) in [6, 6.07) is 15.9. The molecular weight excluding hydrogens is 520 g/mol. The quantitative estimate of drug-likeness (QED) is 0.285. The summed E-state index contributed by atoms with van der Waals surface area (Å²) < 4.78 is 34.3. The van der Waals surface area contributed by atoms with Crippen molar-refractivity contribution in [3.63, 3.8) is 0 Å². The van der Waals surface area contributed by atoms with Crippen LogP contribution in [0.25, 0.3) is 32.6 Å². The summed E-state index contributed by atoms with van der Waals surface area (Å²) in [7, 11) is 0. The predicted octanol–water partition coefficient (Wildman–Crippen LogP) is 5.69. The van der Waals surface area contributed by atoms with Crippen LogP contribution in [0.5, 0.6) is 0 Å². The first kappa shape index (κ1) is 25.3. The number of anilines is 1. The molecule has 39 heavy (non-hydrogen) atoms. The number of aromatic nitrogens is 3. The van der Waals surface area contributed by atoms with Gasteiger partial charge in [0.1, 0.15) is 22.3 Å². The summed E-state index contributed by atoms with van der Waals surface area (Å²) in [4.78, 5) is 20.1. The highest BCUT2D eigenvalue weighted by atomic mass is 32.1. The Balaban J connectivity index is 1.29. The fourth-order valence-electron chi connectivity index (χ4n) is 4.57. The minimum absolute atomic E-state index is 0.255. The van der Waals surface area contributed by atoms with Gasteiger partial charge in [0.2, 0.25) is 0 Å². The monoisotopic (exact) mass is 545 g/mol. The lowest BCUT2D eigenvalue weighted by atomic mass is 10.0. The first-order valence-corrected chi connectivity index (χ1v) is 13.5. The number of benzene rings is 3. The van der Waals surface area contributed by atoms with Gasteiger partial charge in [-0.2, -0.15) is 5.10 Å². The second kappa shape index (κ2) is 11.0. The third-order valence-corrected chi connectivity index (χ3v) is 7.56. The van der Waals surface area contributed by atoms with E-state index in [9.17, 15) is 13.6 Å². The Hall–Kier alpha value is -3.99. The Kier molecular flexibility index (Phi) is 7.14. The minimum Gasteiger partial charge on any atom is -0.379 e. The zero-order chi connectivity index (χ0) is 26.8. The molecule has 1 N–H and O–H groups in total. The van der Waals surface area contributed by atoms with Gasteiger partial charge in [-0.1, -0.05) is 12.1 Å². The van der Waals surface area contributed by atoms with Crippen LogP contribution in [0.2, 0.25) is 0 Å². The van der Waals surface area contributed by atoms with E-state index in [4.69, 9.17) is 9.84 Å². The smallest absolute Gasteiger partial charge is 0.275 e. The number of rotatable bonds is 7. The Morgan fingerprint density at radius 3 is 2.36 bits per heavy atom. The van der Waals surface area contributed by atoms with Gasteiger partial charge in [0.25, 0.3) is 5.91 Å². The van der Waals surface area contributed by atoms with Gasteiger partial charge in [-0.05, 0) is 54.1 Å². The highest BCUT2D eigenvalue weighted by Gasteiger charge is 2.17. The van der Waals surface area contributed by atoms with Gasteiger partial charge >= 0.3 is 0 Å². The Morgan fingerprint density at radius 1 is 0.949 bits per heavy atom. The van der Waals surface area contributed by atoms with E-state index < -0.39 is 0 Å². The minimum atomic E-state index is -0.373. The number of hydrogen-bond acceptors (Lipinski definition) is 6. The van der Waals surface area contributed by atoms with Gasteiger partial charge in [0, 0.05) is 53.4 Å². The Labute approximate surface area is 227 Å². The van der Waals surface area contributed by atoms with Crippen molar-refractivity contribution < 1.29 is 18.3 Å². The van der Waals surface area contributed by atoms with Crippen molar-refractivity contribution in [2.45, 2.75) is 6.54 Å². The topological polar surface area (TPSA) is 72.3 Å². The third kappa shape index (κ3) is 5.73. The lowest BCUT2D eigenvalue weighted by molar-refractivity contribution is 0.0360. The summed E-state index contributed by atoms with van der Waals surface area (Å²) in [6.45, 7) is 4.90. The summed E-state index contributed by atoms with van der Waals surface area (Å²) >= 11 is 1.31.